The first-order chi connectivity index (χ1) is 12.0. The summed E-state index contributed by atoms with van der Waals surface area (Å²) in [6.45, 7) is 3.69. The fraction of sp³-hybridized carbons (Fsp3) is 0.263. The van der Waals surface area contributed by atoms with Crippen molar-refractivity contribution in [1.29, 1.82) is 0 Å². The van der Waals surface area contributed by atoms with E-state index >= 15 is 0 Å². The molecule has 1 aromatic carbocycles. The molecule has 0 atom stereocenters. The Kier molecular flexibility index (Phi) is 3.60. The van der Waals surface area contributed by atoms with Crippen molar-refractivity contribution < 1.29 is 9.21 Å². The minimum Gasteiger partial charge on any atom is -0.423 e. The van der Waals surface area contributed by atoms with Crippen LogP contribution in [0.15, 0.2) is 39.8 Å². The molecule has 1 saturated carbocycles. The van der Waals surface area contributed by atoms with E-state index in [4.69, 9.17) is 4.42 Å². The molecule has 1 fully saturated rings. The summed E-state index contributed by atoms with van der Waals surface area (Å²) in [6.07, 6.45) is 5.38. The van der Waals surface area contributed by atoms with Gasteiger partial charge >= 0.3 is 5.63 Å². The van der Waals surface area contributed by atoms with Crippen LogP contribution in [0.1, 0.15) is 46.1 Å². The van der Waals surface area contributed by atoms with Crippen molar-refractivity contribution in [1.82, 2.24) is 9.97 Å². The smallest absolute Gasteiger partial charge is 0.336 e. The van der Waals surface area contributed by atoms with Gasteiger partial charge in [0.15, 0.2) is 0 Å². The molecule has 6 heteroatoms. The highest BCUT2D eigenvalue weighted by Crippen LogP contribution is 2.37. The molecule has 6 nitrogen and oxygen atoms in total. The van der Waals surface area contributed by atoms with Crippen molar-refractivity contribution >= 4 is 22.6 Å². The number of benzene rings is 1. The van der Waals surface area contributed by atoms with E-state index in [1.807, 2.05) is 19.9 Å². The van der Waals surface area contributed by atoms with Crippen molar-refractivity contribution in [2.24, 2.45) is 0 Å². The molecule has 0 saturated heterocycles. The average Bonchev–Trinajstić information content (AvgIpc) is 3.41. The molecule has 25 heavy (non-hydrogen) atoms. The van der Waals surface area contributed by atoms with Crippen molar-refractivity contribution in [2.45, 2.75) is 32.6 Å². The second-order valence-corrected chi connectivity index (χ2v) is 6.47. The Morgan fingerprint density at radius 2 is 1.84 bits per heavy atom. The van der Waals surface area contributed by atoms with E-state index in [0.29, 0.717) is 22.8 Å². The van der Waals surface area contributed by atoms with Gasteiger partial charge in [-0.05, 0) is 49.9 Å². The van der Waals surface area contributed by atoms with Crippen LogP contribution in [0.2, 0.25) is 0 Å². The summed E-state index contributed by atoms with van der Waals surface area (Å²) >= 11 is 0. The summed E-state index contributed by atoms with van der Waals surface area (Å²) in [5.41, 5.74) is 2.83. The van der Waals surface area contributed by atoms with Gasteiger partial charge in [-0.3, -0.25) is 4.79 Å². The highest BCUT2D eigenvalue weighted by molar-refractivity contribution is 6.05. The maximum Gasteiger partial charge on any atom is 0.336 e. The molecule has 1 amide bonds. The zero-order valence-corrected chi connectivity index (χ0v) is 14.0. The van der Waals surface area contributed by atoms with Gasteiger partial charge < -0.3 is 9.73 Å². The summed E-state index contributed by atoms with van der Waals surface area (Å²) in [4.78, 5) is 32.5. The molecule has 0 bridgehead atoms. The van der Waals surface area contributed by atoms with E-state index in [2.05, 4.69) is 15.3 Å². The van der Waals surface area contributed by atoms with E-state index in [1.54, 1.807) is 18.5 Å². The maximum absolute atomic E-state index is 12.5. The Morgan fingerprint density at radius 1 is 1.12 bits per heavy atom. The minimum atomic E-state index is -0.380. The summed E-state index contributed by atoms with van der Waals surface area (Å²) in [5, 5.41) is 3.68. The van der Waals surface area contributed by atoms with Crippen molar-refractivity contribution in [3.05, 3.63) is 63.5 Å². The van der Waals surface area contributed by atoms with Gasteiger partial charge in [-0.15, -0.1) is 0 Å². The van der Waals surface area contributed by atoms with Gasteiger partial charge in [0.05, 0.1) is 5.56 Å². The number of nitrogens with zero attached hydrogens (tertiary/aromatic N) is 2. The molecule has 1 aliphatic carbocycles. The summed E-state index contributed by atoms with van der Waals surface area (Å²) in [7, 11) is 0. The Balaban J connectivity index is 1.63. The number of hydrogen-bond donors (Lipinski definition) is 1. The predicted octanol–water partition coefficient (Wildman–Crippen LogP) is 3.33. The predicted molar refractivity (Wildman–Crippen MR) is 93.9 cm³/mol. The largest absolute Gasteiger partial charge is 0.423 e. The summed E-state index contributed by atoms with van der Waals surface area (Å²) < 4.78 is 5.22. The van der Waals surface area contributed by atoms with Crippen LogP contribution in [0.5, 0.6) is 0 Å². The van der Waals surface area contributed by atoms with Crippen molar-refractivity contribution in [2.75, 3.05) is 5.32 Å². The third-order valence-corrected chi connectivity index (χ3v) is 4.42. The Bertz CT molecular complexity index is 1030. The zero-order chi connectivity index (χ0) is 17.6. The Labute approximate surface area is 143 Å². The van der Waals surface area contributed by atoms with Gasteiger partial charge in [0.2, 0.25) is 0 Å². The summed E-state index contributed by atoms with van der Waals surface area (Å²) in [5.74, 6) is 1.00. The third-order valence-electron chi connectivity index (χ3n) is 4.42. The summed E-state index contributed by atoms with van der Waals surface area (Å²) in [6, 6.07) is 5.01. The van der Waals surface area contributed by atoms with E-state index in [-0.39, 0.29) is 11.5 Å². The number of fused-ring (bicyclic) bond motifs is 1. The maximum atomic E-state index is 12.5. The van der Waals surface area contributed by atoms with Gasteiger partial charge in [-0.2, -0.15) is 0 Å². The number of rotatable bonds is 3. The first-order valence-electron chi connectivity index (χ1n) is 8.19. The normalized spacial score (nSPS) is 13.8. The van der Waals surface area contributed by atoms with Gasteiger partial charge in [0, 0.05) is 35.5 Å². The van der Waals surface area contributed by atoms with Gasteiger partial charge in [-0.1, -0.05) is 0 Å². The standard InChI is InChI=1S/C19H17N3O3/c1-10-6-17(23)25-16-5-11(2)15(7-14(10)16)22-19(24)13-8-20-18(21-9-13)12-3-4-12/h5-9,12H,3-4H2,1-2H3,(H,22,24). The van der Waals surface area contributed by atoms with Crippen LogP contribution in [-0.4, -0.2) is 15.9 Å². The van der Waals surface area contributed by atoms with Gasteiger partial charge in [0.1, 0.15) is 11.4 Å². The number of hydrogen-bond acceptors (Lipinski definition) is 5. The quantitative estimate of drug-likeness (QED) is 0.742. The number of aromatic nitrogens is 2. The van der Waals surface area contributed by atoms with Crippen LogP contribution in [0.4, 0.5) is 5.69 Å². The van der Waals surface area contributed by atoms with E-state index in [1.165, 1.54) is 6.07 Å². The van der Waals surface area contributed by atoms with E-state index in [0.717, 1.165) is 35.2 Å². The van der Waals surface area contributed by atoms with Crippen molar-refractivity contribution in [3.63, 3.8) is 0 Å². The number of carbonyl (C=O) groups excluding carboxylic acids is 1. The number of amides is 1. The number of aryl methyl sites for hydroxylation is 2. The Morgan fingerprint density at radius 3 is 2.52 bits per heavy atom. The lowest BCUT2D eigenvalue weighted by Crippen LogP contribution is -2.14. The van der Waals surface area contributed by atoms with Crippen LogP contribution in [0, 0.1) is 13.8 Å². The molecule has 126 valence electrons. The molecule has 3 aromatic rings. The van der Waals surface area contributed by atoms with Crippen LogP contribution < -0.4 is 10.9 Å². The molecule has 0 radical (unpaired) electrons. The molecule has 1 aliphatic rings. The molecule has 0 unspecified atom stereocenters. The fourth-order valence-electron chi connectivity index (χ4n) is 2.80. The molecular formula is C19H17N3O3. The van der Waals surface area contributed by atoms with Crippen LogP contribution in [0.3, 0.4) is 0 Å². The van der Waals surface area contributed by atoms with E-state index in [9.17, 15) is 9.59 Å². The minimum absolute atomic E-state index is 0.264. The molecule has 2 aromatic heterocycles. The highest BCUT2D eigenvalue weighted by atomic mass is 16.4. The van der Waals surface area contributed by atoms with Crippen LogP contribution in [-0.2, 0) is 0 Å². The van der Waals surface area contributed by atoms with Crippen molar-refractivity contribution in [3.8, 4) is 0 Å². The van der Waals surface area contributed by atoms with Crippen LogP contribution in [0.25, 0.3) is 11.0 Å². The molecule has 2 heterocycles. The van der Waals surface area contributed by atoms with Gasteiger partial charge in [-0.25, -0.2) is 14.8 Å². The average molecular weight is 335 g/mol. The SMILES string of the molecule is Cc1cc2oc(=O)cc(C)c2cc1NC(=O)c1cnc(C2CC2)nc1. The second kappa shape index (κ2) is 5.81. The fourth-order valence-corrected chi connectivity index (χ4v) is 2.80. The lowest BCUT2D eigenvalue weighted by atomic mass is 10.1. The molecular weight excluding hydrogens is 318 g/mol. The molecule has 4 rings (SSSR count). The number of carbonyl (C=O) groups is 1. The first-order valence-corrected chi connectivity index (χ1v) is 8.19. The zero-order valence-electron chi connectivity index (χ0n) is 14.0. The third kappa shape index (κ3) is 3.03. The highest BCUT2D eigenvalue weighted by Gasteiger charge is 2.26. The lowest BCUT2D eigenvalue weighted by molar-refractivity contribution is 0.102. The topological polar surface area (TPSA) is 85.1 Å². The molecule has 1 N–H and O–H groups in total. The molecule has 0 aliphatic heterocycles. The number of anilines is 1. The Hall–Kier alpha value is -3.02. The lowest BCUT2D eigenvalue weighted by Gasteiger charge is -2.10. The monoisotopic (exact) mass is 335 g/mol. The number of nitrogens with one attached hydrogen (secondary N) is 1. The molecule has 0 spiro atoms. The van der Waals surface area contributed by atoms with E-state index < -0.39 is 0 Å². The van der Waals surface area contributed by atoms with Crippen LogP contribution >= 0.6 is 0 Å². The van der Waals surface area contributed by atoms with Gasteiger partial charge in [0.25, 0.3) is 5.91 Å². The second-order valence-electron chi connectivity index (χ2n) is 6.47. The first kappa shape index (κ1) is 15.5.